The molecule has 0 spiro atoms. The third-order valence-corrected chi connectivity index (χ3v) is 2.50. The molecule has 0 unspecified atom stereocenters. The topological polar surface area (TPSA) is 66.5 Å². The van der Waals surface area contributed by atoms with Gasteiger partial charge in [0, 0.05) is 17.7 Å². The fraction of sp³-hybridized carbons (Fsp3) is 0.400. The smallest absolute Gasteiger partial charge is 0.124 e. The predicted molar refractivity (Wildman–Crippen MR) is 49.4 cm³/mol. The quantitative estimate of drug-likeness (QED) is 0.644. The molecule has 0 saturated heterocycles. The summed E-state index contributed by atoms with van der Waals surface area (Å²) in [5.74, 6) is 0.680. The van der Waals surface area contributed by atoms with Gasteiger partial charge in [-0.2, -0.15) is 0 Å². The number of phenolic OH excluding ortho intramolecular Hbond substituents is 2. The van der Waals surface area contributed by atoms with Crippen LogP contribution in [0, 0.1) is 5.92 Å². The van der Waals surface area contributed by atoms with Crippen molar-refractivity contribution in [3.63, 3.8) is 0 Å². The van der Waals surface area contributed by atoms with Gasteiger partial charge < -0.3 is 15.9 Å². The van der Waals surface area contributed by atoms with E-state index in [0.717, 1.165) is 18.4 Å². The Bertz CT molecular complexity index is 321. The molecule has 4 N–H and O–H groups in total. The van der Waals surface area contributed by atoms with Crippen molar-refractivity contribution in [2.75, 3.05) is 0 Å². The van der Waals surface area contributed by atoms with Crippen LogP contribution >= 0.6 is 0 Å². The van der Waals surface area contributed by atoms with Crippen molar-refractivity contribution in [3.05, 3.63) is 23.8 Å². The van der Waals surface area contributed by atoms with Crippen molar-refractivity contribution in [1.29, 1.82) is 0 Å². The number of rotatable bonds is 2. The van der Waals surface area contributed by atoms with E-state index in [-0.39, 0.29) is 17.5 Å². The molecule has 1 aromatic rings. The Morgan fingerprint density at radius 3 is 2.54 bits per heavy atom. The van der Waals surface area contributed by atoms with Crippen molar-refractivity contribution < 1.29 is 10.2 Å². The average molecular weight is 179 g/mol. The minimum absolute atomic E-state index is 0.0734. The van der Waals surface area contributed by atoms with E-state index in [1.165, 1.54) is 6.07 Å². The van der Waals surface area contributed by atoms with Gasteiger partial charge in [0.15, 0.2) is 0 Å². The van der Waals surface area contributed by atoms with Crippen molar-refractivity contribution in [2.24, 2.45) is 11.7 Å². The Kier molecular flexibility index (Phi) is 1.88. The summed E-state index contributed by atoms with van der Waals surface area (Å²) >= 11 is 0. The molecule has 0 bridgehead atoms. The van der Waals surface area contributed by atoms with Crippen LogP contribution in [0.25, 0.3) is 0 Å². The molecule has 1 aliphatic rings. The number of hydrogen-bond acceptors (Lipinski definition) is 3. The van der Waals surface area contributed by atoms with Gasteiger partial charge in [0.05, 0.1) is 0 Å². The zero-order valence-corrected chi connectivity index (χ0v) is 7.27. The van der Waals surface area contributed by atoms with Gasteiger partial charge >= 0.3 is 0 Å². The normalized spacial score (nSPS) is 18.5. The molecule has 1 saturated carbocycles. The highest BCUT2D eigenvalue weighted by Crippen LogP contribution is 2.42. The predicted octanol–water partition coefficient (Wildman–Crippen LogP) is 1.51. The molecule has 70 valence electrons. The first-order chi connectivity index (χ1) is 6.18. The van der Waals surface area contributed by atoms with Gasteiger partial charge in [-0.15, -0.1) is 0 Å². The molecule has 0 aliphatic heterocycles. The second-order valence-corrected chi connectivity index (χ2v) is 3.61. The van der Waals surface area contributed by atoms with E-state index < -0.39 is 0 Å². The highest BCUT2D eigenvalue weighted by atomic mass is 16.3. The monoisotopic (exact) mass is 179 g/mol. The van der Waals surface area contributed by atoms with Crippen LogP contribution in [0.15, 0.2) is 18.2 Å². The highest BCUT2D eigenvalue weighted by molar-refractivity contribution is 5.41. The summed E-state index contributed by atoms with van der Waals surface area (Å²) in [6.07, 6.45) is 2.28. The summed E-state index contributed by atoms with van der Waals surface area (Å²) < 4.78 is 0. The van der Waals surface area contributed by atoms with Crippen LogP contribution in [0.5, 0.6) is 11.5 Å². The number of benzene rings is 1. The van der Waals surface area contributed by atoms with Crippen LogP contribution in [0.1, 0.15) is 24.4 Å². The SMILES string of the molecule is N[C@H](c1ccc(O)cc1O)C1CC1. The fourth-order valence-corrected chi connectivity index (χ4v) is 1.52. The first kappa shape index (κ1) is 8.38. The van der Waals surface area contributed by atoms with Gasteiger partial charge in [0.25, 0.3) is 0 Å². The van der Waals surface area contributed by atoms with Crippen LogP contribution < -0.4 is 5.73 Å². The van der Waals surface area contributed by atoms with E-state index in [2.05, 4.69) is 0 Å². The van der Waals surface area contributed by atoms with Crippen molar-refractivity contribution in [2.45, 2.75) is 18.9 Å². The molecule has 0 amide bonds. The largest absolute Gasteiger partial charge is 0.508 e. The fourth-order valence-electron chi connectivity index (χ4n) is 1.52. The molecule has 3 nitrogen and oxygen atoms in total. The number of aromatic hydroxyl groups is 2. The Morgan fingerprint density at radius 1 is 1.31 bits per heavy atom. The molecule has 0 radical (unpaired) electrons. The first-order valence-corrected chi connectivity index (χ1v) is 4.46. The molecule has 1 fully saturated rings. The van der Waals surface area contributed by atoms with Gasteiger partial charge in [-0.1, -0.05) is 6.07 Å². The number of nitrogens with two attached hydrogens (primary N) is 1. The lowest BCUT2D eigenvalue weighted by Gasteiger charge is -2.12. The van der Waals surface area contributed by atoms with E-state index >= 15 is 0 Å². The molecule has 1 aromatic carbocycles. The van der Waals surface area contributed by atoms with Gasteiger partial charge in [0.1, 0.15) is 11.5 Å². The molecular formula is C10H13NO2. The molecule has 0 aromatic heterocycles. The average Bonchev–Trinajstić information content (AvgIpc) is 2.85. The summed E-state index contributed by atoms with van der Waals surface area (Å²) in [6.45, 7) is 0. The lowest BCUT2D eigenvalue weighted by Crippen LogP contribution is -2.12. The highest BCUT2D eigenvalue weighted by Gasteiger charge is 2.30. The third kappa shape index (κ3) is 1.60. The Morgan fingerprint density at radius 2 is 2.00 bits per heavy atom. The third-order valence-electron chi connectivity index (χ3n) is 2.50. The second kappa shape index (κ2) is 2.92. The van der Waals surface area contributed by atoms with Crippen LogP contribution in [0.4, 0.5) is 0 Å². The lowest BCUT2D eigenvalue weighted by atomic mass is 10.0. The number of phenols is 2. The van der Waals surface area contributed by atoms with E-state index in [0.29, 0.717) is 5.92 Å². The maximum atomic E-state index is 9.50. The Hall–Kier alpha value is -1.22. The van der Waals surface area contributed by atoms with Gasteiger partial charge in [-0.05, 0) is 24.8 Å². The summed E-state index contributed by atoms with van der Waals surface area (Å²) in [4.78, 5) is 0. The van der Waals surface area contributed by atoms with Crippen LogP contribution in [0.3, 0.4) is 0 Å². The summed E-state index contributed by atoms with van der Waals surface area (Å²) in [6, 6.07) is 4.49. The Labute approximate surface area is 76.8 Å². The molecule has 0 heterocycles. The second-order valence-electron chi connectivity index (χ2n) is 3.61. The lowest BCUT2D eigenvalue weighted by molar-refractivity contribution is 0.438. The van der Waals surface area contributed by atoms with Gasteiger partial charge in [-0.3, -0.25) is 0 Å². The van der Waals surface area contributed by atoms with E-state index in [1.807, 2.05) is 0 Å². The summed E-state index contributed by atoms with van der Waals surface area (Å²) in [5.41, 5.74) is 6.65. The summed E-state index contributed by atoms with van der Waals surface area (Å²) in [7, 11) is 0. The van der Waals surface area contributed by atoms with Crippen molar-refractivity contribution in [3.8, 4) is 11.5 Å². The van der Waals surface area contributed by atoms with E-state index in [9.17, 15) is 5.11 Å². The molecule has 13 heavy (non-hydrogen) atoms. The van der Waals surface area contributed by atoms with Crippen molar-refractivity contribution >= 4 is 0 Å². The molecular weight excluding hydrogens is 166 g/mol. The van der Waals surface area contributed by atoms with Crippen LogP contribution in [0.2, 0.25) is 0 Å². The van der Waals surface area contributed by atoms with Crippen molar-refractivity contribution in [1.82, 2.24) is 0 Å². The number of hydrogen-bond donors (Lipinski definition) is 3. The van der Waals surface area contributed by atoms with Gasteiger partial charge in [0.2, 0.25) is 0 Å². The van der Waals surface area contributed by atoms with Crippen LogP contribution in [-0.2, 0) is 0 Å². The Balaban J connectivity index is 2.28. The zero-order valence-electron chi connectivity index (χ0n) is 7.27. The van der Waals surface area contributed by atoms with E-state index in [4.69, 9.17) is 10.8 Å². The van der Waals surface area contributed by atoms with E-state index in [1.54, 1.807) is 12.1 Å². The minimum atomic E-state index is -0.0828. The molecule has 2 rings (SSSR count). The molecule has 3 heteroatoms. The first-order valence-electron chi connectivity index (χ1n) is 4.46. The minimum Gasteiger partial charge on any atom is -0.508 e. The van der Waals surface area contributed by atoms with Crippen LogP contribution in [-0.4, -0.2) is 10.2 Å². The summed E-state index contributed by atoms with van der Waals surface area (Å²) in [5, 5.41) is 18.6. The molecule has 1 aliphatic carbocycles. The van der Waals surface area contributed by atoms with Gasteiger partial charge in [-0.25, -0.2) is 0 Å². The standard InChI is InChI=1S/C10H13NO2/c11-10(6-1-2-6)8-4-3-7(12)5-9(8)13/h3-6,10,12-13H,1-2,11H2/t10-/m0/s1. The maximum Gasteiger partial charge on any atom is 0.124 e. The molecule has 1 atom stereocenters. The maximum absolute atomic E-state index is 9.50. The zero-order chi connectivity index (χ0) is 9.42.